The predicted molar refractivity (Wildman–Crippen MR) is 101 cm³/mol. The molecule has 1 saturated carbocycles. The maximum absolute atomic E-state index is 12.2. The number of amides is 2. The Balaban J connectivity index is 1.48. The average Bonchev–Trinajstić information content (AvgIpc) is 3.42. The zero-order chi connectivity index (χ0) is 18.7. The summed E-state index contributed by atoms with van der Waals surface area (Å²) in [5, 5.41) is 10.3. The molecule has 0 radical (unpaired) electrons. The standard InChI is InChI=1S/C20H26N4O2/c1-13-18(14(2)24(3)23-13)9-10-19(25)21-12-15-5-4-6-17(11-15)22-20(26)16-7-8-16/h4-6,11,16H,7-10,12H2,1-3H3,(H,21,25)(H,22,26). The van der Waals surface area contributed by atoms with Crippen LogP contribution in [0.2, 0.25) is 0 Å². The molecule has 0 atom stereocenters. The molecule has 0 unspecified atom stereocenters. The second-order valence-electron chi connectivity index (χ2n) is 7.01. The molecule has 1 fully saturated rings. The molecule has 26 heavy (non-hydrogen) atoms. The summed E-state index contributed by atoms with van der Waals surface area (Å²) in [6.07, 6.45) is 3.09. The van der Waals surface area contributed by atoms with Crippen LogP contribution in [0, 0.1) is 19.8 Å². The third-order valence-corrected chi connectivity index (χ3v) is 4.89. The van der Waals surface area contributed by atoms with E-state index in [0.717, 1.165) is 41.0 Å². The van der Waals surface area contributed by atoms with Gasteiger partial charge in [0.25, 0.3) is 0 Å². The average molecular weight is 354 g/mol. The number of carbonyl (C=O) groups excluding carboxylic acids is 2. The van der Waals surface area contributed by atoms with Crippen molar-refractivity contribution in [3.63, 3.8) is 0 Å². The number of anilines is 1. The van der Waals surface area contributed by atoms with E-state index in [9.17, 15) is 9.59 Å². The Bertz CT molecular complexity index is 821. The lowest BCUT2D eigenvalue weighted by Crippen LogP contribution is -2.23. The van der Waals surface area contributed by atoms with Gasteiger partial charge in [0, 0.05) is 37.3 Å². The van der Waals surface area contributed by atoms with Crippen LogP contribution in [0.15, 0.2) is 24.3 Å². The number of nitrogens with zero attached hydrogens (tertiary/aromatic N) is 2. The maximum atomic E-state index is 12.2. The van der Waals surface area contributed by atoms with E-state index < -0.39 is 0 Å². The molecule has 0 spiro atoms. The highest BCUT2D eigenvalue weighted by Gasteiger charge is 2.29. The van der Waals surface area contributed by atoms with Gasteiger partial charge in [-0.05, 0) is 56.4 Å². The van der Waals surface area contributed by atoms with Crippen LogP contribution in [0.25, 0.3) is 0 Å². The normalized spacial score (nSPS) is 13.5. The van der Waals surface area contributed by atoms with Crippen LogP contribution < -0.4 is 10.6 Å². The van der Waals surface area contributed by atoms with Crippen LogP contribution in [0.1, 0.15) is 41.8 Å². The smallest absolute Gasteiger partial charge is 0.227 e. The Morgan fingerprint density at radius 3 is 2.69 bits per heavy atom. The second-order valence-corrected chi connectivity index (χ2v) is 7.01. The van der Waals surface area contributed by atoms with Gasteiger partial charge in [-0.2, -0.15) is 5.10 Å². The number of rotatable bonds is 7. The van der Waals surface area contributed by atoms with Gasteiger partial charge >= 0.3 is 0 Å². The number of benzene rings is 1. The van der Waals surface area contributed by atoms with Gasteiger partial charge in [0.05, 0.1) is 5.69 Å². The van der Waals surface area contributed by atoms with E-state index in [-0.39, 0.29) is 17.7 Å². The molecule has 2 amide bonds. The Morgan fingerprint density at radius 2 is 2.04 bits per heavy atom. The van der Waals surface area contributed by atoms with Gasteiger partial charge < -0.3 is 10.6 Å². The molecule has 3 rings (SSSR count). The second kappa shape index (κ2) is 7.72. The van der Waals surface area contributed by atoms with Gasteiger partial charge in [0.2, 0.25) is 11.8 Å². The fourth-order valence-electron chi connectivity index (χ4n) is 3.06. The summed E-state index contributed by atoms with van der Waals surface area (Å²) in [5.74, 6) is 0.284. The first-order chi connectivity index (χ1) is 12.4. The van der Waals surface area contributed by atoms with Gasteiger partial charge in [-0.1, -0.05) is 12.1 Å². The third-order valence-electron chi connectivity index (χ3n) is 4.89. The van der Waals surface area contributed by atoms with Crippen molar-refractivity contribution in [1.29, 1.82) is 0 Å². The van der Waals surface area contributed by atoms with E-state index >= 15 is 0 Å². The van der Waals surface area contributed by atoms with Gasteiger partial charge in [-0.15, -0.1) is 0 Å². The predicted octanol–water partition coefficient (Wildman–Crippen LogP) is 2.63. The SMILES string of the molecule is Cc1nn(C)c(C)c1CCC(=O)NCc1cccc(NC(=O)C2CC2)c1. The van der Waals surface area contributed by atoms with Gasteiger partial charge in [-0.3, -0.25) is 14.3 Å². The fraction of sp³-hybridized carbons (Fsp3) is 0.450. The first kappa shape index (κ1) is 18.2. The molecular formula is C20H26N4O2. The number of aromatic nitrogens is 2. The summed E-state index contributed by atoms with van der Waals surface area (Å²) in [7, 11) is 1.92. The molecule has 1 aliphatic carbocycles. The van der Waals surface area contributed by atoms with Crippen molar-refractivity contribution < 1.29 is 9.59 Å². The van der Waals surface area contributed by atoms with Crippen molar-refractivity contribution >= 4 is 17.5 Å². The molecule has 1 heterocycles. The summed E-state index contributed by atoms with van der Waals surface area (Å²) < 4.78 is 1.85. The van der Waals surface area contributed by atoms with Crippen molar-refractivity contribution in [2.75, 3.05) is 5.32 Å². The number of aryl methyl sites for hydroxylation is 2. The molecule has 1 aliphatic rings. The fourth-order valence-corrected chi connectivity index (χ4v) is 3.06. The molecule has 6 heteroatoms. The zero-order valence-corrected chi connectivity index (χ0v) is 15.6. The number of hydrogen-bond acceptors (Lipinski definition) is 3. The minimum absolute atomic E-state index is 0.0140. The van der Waals surface area contributed by atoms with Crippen molar-refractivity contribution in [3.05, 3.63) is 46.8 Å². The molecule has 1 aromatic heterocycles. The topological polar surface area (TPSA) is 76.0 Å². The molecule has 0 aliphatic heterocycles. The van der Waals surface area contributed by atoms with Gasteiger partial charge in [0.1, 0.15) is 0 Å². The molecular weight excluding hydrogens is 328 g/mol. The van der Waals surface area contributed by atoms with Crippen LogP contribution in [0.5, 0.6) is 0 Å². The quantitative estimate of drug-likeness (QED) is 0.802. The first-order valence-corrected chi connectivity index (χ1v) is 9.09. The van der Waals surface area contributed by atoms with Crippen LogP contribution in [-0.4, -0.2) is 21.6 Å². The highest BCUT2D eigenvalue weighted by molar-refractivity contribution is 5.94. The molecule has 138 valence electrons. The molecule has 0 bridgehead atoms. The number of hydrogen-bond donors (Lipinski definition) is 2. The van der Waals surface area contributed by atoms with Gasteiger partial charge in [0.15, 0.2) is 0 Å². The Hall–Kier alpha value is -2.63. The van der Waals surface area contributed by atoms with E-state index in [2.05, 4.69) is 15.7 Å². The summed E-state index contributed by atoms with van der Waals surface area (Å²) >= 11 is 0. The van der Waals surface area contributed by atoms with Crippen molar-refractivity contribution in [3.8, 4) is 0 Å². The third kappa shape index (κ3) is 4.50. The van der Waals surface area contributed by atoms with E-state index in [1.807, 2.05) is 49.8 Å². The number of nitrogens with one attached hydrogen (secondary N) is 2. The number of carbonyl (C=O) groups is 2. The molecule has 1 aromatic carbocycles. The lowest BCUT2D eigenvalue weighted by atomic mass is 10.1. The first-order valence-electron chi connectivity index (χ1n) is 9.09. The lowest BCUT2D eigenvalue weighted by molar-refractivity contribution is -0.121. The van der Waals surface area contributed by atoms with Crippen LogP contribution in [-0.2, 0) is 29.6 Å². The molecule has 2 N–H and O–H groups in total. The van der Waals surface area contributed by atoms with Crippen LogP contribution in [0.4, 0.5) is 5.69 Å². The van der Waals surface area contributed by atoms with E-state index in [1.165, 1.54) is 0 Å². The van der Waals surface area contributed by atoms with Crippen molar-refractivity contribution in [2.24, 2.45) is 13.0 Å². The summed E-state index contributed by atoms with van der Waals surface area (Å²) in [5.41, 5.74) is 5.00. The van der Waals surface area contributed by atoms with E-state index in [1.54, 1.807) is 0 Å². The Labute approximate surface area is 154 Å². The summed E-state index contributed by atoms with van der Waals surface area (Å²) in [6.45, 7) is 4.45. The highest BCUT2D eigenvalue weighted by Crippen LogP contribution is 2.30. The molecule has 0 saturated heterocycles. The van der Waals surface area contributed by atoms with E-state index in [0.29, 0.717) is 19.4 Å². The maximum Gasteiger partial charge on any atom is 0.227 e. The largest absolute Gasteiger partial charge is 0.352 e. The minimum atomic E-state index is 0.0140. The molecule has 6 nitrogen and oxygen atoms in total. The van der Waals surface area contributed by atoms with Crippen LogP contribution >= 0.6 is 0 Å². The van der Waals surface area contributed by atoms with E-state index in [4.69, 9.17) is 0 Å². The summed E-state index contributed by atoms with van der Waals surface area (Å²) in [6, 6.07) is 7.63. The Morgan fingerprint density at radius 1 is 1.27 bits per heavy atom. The van der Waals surface area contributed by atoms with Crippen molar-refractivity contribution in [2.45, 2.75) is 46.1 Å². The lowest BCUT2D eigenvalue weighted by Gasteiger charge is -2.09. The monoisotopic (exact) mass is 354 g/mol. The summed E-state index contributed by atoms with van der Waals surface area (Å²) in [4.78, 5) is 24.0. The molecule has 2 aromatic rings. The highest BCUT2D eigenvalue weighted by atomic mass is 16.2. The Kier molecular flexibility index (Phi) is 5.40. The zero-order valence-electron chi connectivity index (χ0n) is 15.6. The minimum Gasteiger partial charge on any atom is -0.352 e. The van der Waals surface area contributed by atoms with Gasteiger partial charge in [-0.25, -0.2) is 0 Å². The van der Waals surface area contributed by atoms with Crippen molar-refractivity contribution in [1.82, 2.24) is 15.1 Å². The van der Waals surface area contributed by atoms with Crippen LogP contribution in [0.3, 0.4) is 0 Å².